The Labute approximate surface area is 183 Å². The normalized spacial score (nSPS) is 14.6. The first-order chi connectivity index (χ1) is 14.4. The second-order valence-electron chi connectivity index (χ2n) is 7.15. The maximum Gasteiger partial charge on any atom is 0.222 e. The molecule has 8 heteroatoms. The number of halogens is 4. The number of Topliss-reactive ketones (excluding diaryl/α,β-unsaturated/α-hetero) is 1. The van der Waals surface area contributed by atoms with Gasteiger partial charge >= 0.3 is 0 Å². The number of piperidine rings is 1. The van der Waals surface area contributed by atoms with Gasteiger partial charge in [-0.1, -0.05) is 29.3 Å². The summed E-state index contributed by atoms with van der Waals surface area (Å²) in [4.78, 5) is 26.6. The van der Waals surface area contributed by atoms with Gasteiger partial charge in [-0.3, -0.25) is 9.59 Å². The molecule has 0 N–H and O–H groups in total. The van der Waals surface area contributed by atoms with E-state index in [1.54, 1.807) is 23.1 Å². The largest absolute Gasteiger partial charge is 0.492 e. The number of ketones is 1. The van der Waals surface area contributed by atoms with Crippen molar-refractivity contribution < 1.29 is 23.1 Å². The lowest BCUT2D eigenvalue weighted by atomic mass is 9.88. The van der Waals surface area contributed by atoms with Crippen LogP contribution in [-0.2, 0) is 4.79 Å². The van der Waals surface area contributed by atoms with E-state index in [4.69, 9.17) is 27.9 Å². The summed E-state index contributed by atoms with van der Waals surface area (Å²) in [6, 6.07) is 7.98. The summed E-state index contributed by atoms with van der Waals surface area (Å²) in [6.07, 6.45) is 1.66. The van der Waals surface area contributed by atoms with Gasteiger partial charge in [-0.2, -0.15) is 0 Å². The molecule has 30 heavy (non-hydrogen) atoms. The van der Waals surface area contributed by atoms with Gasteiger partial charge < -0.3 is 9.64 Å². The molecule has 0 unspecified atom stereocenters. The molecular weight excluding hydrogens is 435 g/mol. The lowest BCUT2D eigenvalue weighted by Gasteiger charge is -2.31. The summed E-state index contributed by atoms with van der Waals surface area (Å²) in [5.74, 6) is -1.75. The molecule has 1 heterocycles. The van der Waals surface area contributed by atoms with E-state index in [0.717, 1.165) is 18.2 Å². The first-order valence-electron chi connectivity index (χ1n) is 9.70. The number of amides is 1. The van der Waals surface area contributed by atoms with Crippen LogP contribution in [0.15, 0.2) is 36.4 Å². The highest BCUT2D eigenvalue weighted by Gasteiger charge is 2.29. The van der Waals surface area contributed by atoms with E-state index >= 15 is 0 Å². The van der Waals surface area contributed by atoms with E-state index in [2.05, 4.69) is 0 Å². The first-order valence-corrected chi connectivity index (χ1v) is 10.5. The van der Waals surface area contributed by atoms with Crippen LogP contribution < -0.4 is 4.74 Å². The van der Waals surface area contributed by atoms with E-state index in [1.807, 2.05) is 0 Å². The summed E-state index contributed by atoms with van der Waals surface area (Å²) in [7, 11) is 0. The number of carbonyl (C=O) groups is 2. The molecule has 0 radical (unpaired) electrons. The van der Waals surface area contributed by atoms with Crippen LogP contribution in [0.5, 0.6) is 5.75 Å². The van der Waals surface area contributed by atoms with E-state index in [-0.39, 0.29) is 11.5 Å². The minimum Gasteiger partial charge on any atom is -0.492 e. The van der Waals surface area contributed by atoms with Crippen LogP contribution in [-0.4, -0.2) is 36.3 Å². The van der Waals surface area contributed by atoms with E-state index in [1.165, 1.54) is 0 Å². The molecule has 0 atom stereocenters. The summed E-state index contributed by atoms with van der Waals surface area (Å²) in [5, 5.41) is 0.743. The Hall–Kier alpha value is -2.18. The number of carbonyl (C=O) groups excluding carboxylic acids is 2. The van der Waals surface area contributed by atoms with Gasteiger partial charge in [0.2, 0.25) is 5.91 Å². The van der Waals surface area contributed by atoms with Crippen LogP contribution in [0.1, 0.15) is 36.0 Å². The lowest BCUT2D eigenvalue weighted by molar-refractivity contribution is -0.132. The highest BCUT2D eigenvalue weighted by Crippen LogP contribution is 2.31. The Morgan fingerprint density at radius 1 is 1.10 bits per heavy atom. The Morgan fingerprint density at radius 2 is 1.83 bits per heavy atom. The summed E-state index contributed by atoms with van der Waals surface area (Å²) < 4.78 is 32.8. The molecule has 0 spiro atoms. The number of likely N-dealkylation sites (tertiary alicyclic amines) is 1. The van der Waals surface area contributed by atoms with Crippen LogP contribution in [0.4, 0.5) is 8.78 Å². The fourth-order valence-corrected chi connectivity index (χ4v) is 3.80. The van der Waals surface area contributed by atoms with Crippen LogP contribution in [0.3, 0.4) is 0 Å². The second-order valence-corrected chi connectivity index (χ2v) is 7.93. The fraction of sp³-hybridized carbons (Fsp3) is 0.364. The zero-order valence-electron chi connectivity index (χ0n) is 16.2. The van der Waals surface area contributed by atoms with Crippen molar-refractivity contribution in [2.45, 2.75) is 25.7 Å². The highest BCUT2D eigenvalue weighted by atomic mass is 35.5. The summed E-state index contributed by atoms with van der Waals surface area (Å²) >= 11 is 12.0. The Balaban J connectivity index is 1.43. The van der Waals surface area contributed by atoms with E-state index < -0.39 is 23.3 Å². The zero-order chi connectivity index (χ0) is 21.7. The van der Waals surface area contributed by atoms with Crippen molar-refractivity contribution in [2.24, 2.45) is 5.92 Å². The molecule has 0 saturated carbocycles. The van der Waals surface area contributed by atoms with Crippen molar-refractivity contribution >= 4 is 34.9 Å². The van der Waals surface area contributed by atoms with Crippen molar-refractivity contribution in [3.05, 3.63) is 63.6 Å². The van der Waals surface area contributed by atoms with Gasteiger partial charge in [0.25, 0.3) is 0 Å². The number of hydrogen-bond donors (Lipinski definition) is 0. The van der Waals surface area contributed by atoms with Gasteiger partial charge in [0.15, 0.2) is 5.78 Å². The fourth-order valence-electron chi connectivity index (χ4n) is 3.46. The van der Waals surface area contributed by atoms with Crippen molar-refractivity contribution in [3.8, 4) is 5.75 Å². The maximum atomic E-state index is 13.8. The minimum atomic E-state index is -0.722. The van der Waals surface area contributed by atoms with Crippen molar-refractivity contribution in [2.75, 3.05) is 19.7 Å². The number of nitrogens with zero attached hydrogens (tertiary/aromatic N) is 1. The van der Waals surface area contributed by atoms with Crippen molar-refractivity contribution in [1.82, 2.24) is 4.90 Å². The number of benzene rings is 2. The Kier molecular flexibility index (Phi) is 7.67. The molecular formula is C22H21Cl2F2NO3. The zero-order valence-corrected chi connectivity index (χ0v) is 17.7. The van der Waals surface area contributed by atoms with Gasteiger partial charge in [-0.25, -0.2) is 8.78 Å². The topological polar surface area (TPSA) is 46.6 Å². The molecule has 0 aliphatic carbocycles. The summed E-state index contributed by atoms with van der Waals surface area (Å²) in [5.41, 5.74) is -0.225. The number of rotatable bonds is 7. The van der Waals surface area contributed by atoms with Gasteiger partial charge in [-0.05, 0) is 49.6 Å². The number of ether oxygens (including phenoxy) is 1. The molecule has 0 bridgehead atoms. The standard InChI is InChI=1S/C22H21Cl2F2NO3/c23-17-3-1-4-19(21(17)24)30-12-2-5-20(28)27-10-8-14(9-11-27)22(29)16-13-15(25)6-7-18(16)26/h1,3-4,6-7,13-14H,2,5,8-12H2. The third-order valence-electron chi connectivity index (χ3n) is 5.12. The van der Waals surface area contributed by atoms with Crippen molar-refractivity contribution in [1.29, 1.82) is 0 Å². The predicted octanol–water partition coefficient (Wildman–Crippen LogP) is 5.55. The SMILES string of the molecule is O=C(c1cc(F)ccc1F)C1CCN(C(=O)CCCOc2cccc(Cl)c2Cl)CC1. The lowest BCUT2D eigenvalue weighted by Crippen LogP contribution is -2.40. The Bertz CT molecular complexity index is 931. The average Bonchev–Trinajstić information content (AvgIpc) is 2.75. The molecule has 1 fully saturated rings. The molecule has 1 aliphatic heterocycles. The molecule has 2 aromatic carbocycles. The predicted molar refractivity (Wildman–Crippen MR) is 111 cm³/mol. The third kappa shape index (κ3) is 5.49. The van der Waals surface area contributed by atoms with Gasteiger partial charge in [0, 0.05) is 25.4 Å². The van der Waals surface area contributed by atoms with Gasteiger partial charge in [0.05, 0.1) is 17.2 Å². The van der Waals surface area contributed by atoms with E-state index in [0.29, 0.717) is 61.2 Å². The molecule has 0 aromatic heterocycles. The maximum absolute atomic E-state index is 13.8. The van der Waals surface area contributed by atoms with Crippen molar-refractivity contribution in [3.63, 3.8) is 0 Å². The van der Waals surface area contributed by atoms with Crippen LogP contribution in [0.2, 0.25) is 10.0 Å². The second kappa shape index (κ2) is 10.2. The minimum absolute atomic E-state index is 0.0290. The molecule has 1 amide bonds. The molecule has 4 nitrogen and oxygen atoms in total. The third-order valence-corrected chi connectivity index (χ3v) is 5.92. The molecule has 3 rings (SSSR count). The monoisotopic (exact) mass is 455 g/mol. The van der Waals surface area contributed by atoms with Crippen LogP contribution in [0.25, 0.3) is 0 Å². The molecule has 1 saturated heterocycles. The van der Waals surface area contributed by atoms with Gasteiger partial charge in [0.1, 0.15) is 22.4 Å². The molecule has 1 aliphatic rings. The smallest absolute Gasteiger partial charge is 0.222 e. The van der Waals surface area contributed by atoms with E-state index in [9.17, 15) is 18.4 Å². The van der Waals surface area contributed by atoms with Gasteiger partial charge in [-0.15, -0.1) is 0 Å². The first kappa shape index (κ1) is 22.5. The van der Waals surface area contributed by atoms with Crippen LogP contribution in [0, 0.1) is 17.6 Å². The Morgan fingerprint density at radius 3 is 2.57 bits per heavy atom. The molecule has 160 valence electrons. The molecule has 2 aromatic rings. The van der Waals surface area contributed by atoms with Crippen LogP contribution >= 0.6 is 23.2 Å². The highest BCUT2D eigenvalue weighted by molar-refractivity contribution is 6.42. The average molecular weight is 456 g/mol. The quantitative estimate of drug-likeness (QED) is 0.405. The number of hydrogen-bond acceptors (Lipinski definition) is 3. The summed E-state index contributed by atoms with van der Waals surface area (Å²) in [6.45, 7) is 1.14.